The van der Waals surface area contributed by atoms with Crippen LogP contribution in [0, 0.1) is 0 Å². The van der Waals surface area contributed by atoms with E-state index in [9.17, 15) is 48.6 Å². The zero-order valence-corrected chi connectivity index (χ0v) is 47.9. The van der Waals surface area contributed by atoms with Gasteiger partial charge in [0.2, 0.25) is 11.4 Å². The van der Waals surface area contributed by atoms with Gasteiger partial charge in [0.25, 0.3) is 23.6 Å². The number of thioether (sulfide) groups is 4. The second-order valence-electron chi connectivity index (χ2n) is 15.7. The minimum absolute atomic E-state index is 0. The Balaban J connectivity index is 0.000000216. The van der Waals surface area contributed by atoms with Gasteiger partial charge in [0, 0.05) is 37.1 Å². The first-order chi connectivity index (χ1) is 35.6. The van der Waals surface area contributed by atoms with Crippen molar-refractivity contribution in [2.45, 2.75) is 32.9 Å². The van der Waals surface area contributed by atoms with Gasteiger partial charge in [-0.3, -0.25) is 29.0 Å². The smallest absolute Gasteiger partial charge is 0.543 e. The zero-order chi connectivity index (χ0) is 52.5. The summed E-state index contributed by atoms with van der Waals surface area (Å²) in [4.78, 5) is 111. The SMILES string of the molecule is CO/N=C(\C(=O)NC1C(=O)N2C(C(=O)[O-])=C(CSc3ccc4nn(C)c(=O)n4n3)CS[C@H]12)c1ccco1.CO/N=C(\C(=O)NC1C(=O)N2C(C(=O)[O-])=C(CSc3ccc4nn(C)c(=O)n4n3)CS[C@H]12)c1ccco1.[Na+].[Na+]. The van der Waals surface area contributed by atoms with E-state index >= 15 is 0 Å². The van der Waals surface area contributed by atoms with Crippen molar-refractivity contribution in [1.82, 2.24) is 59.2 Å². The fourth-order valence-corrected chi connectivity index (χ4v) is 12.4. The van der Waals surface area contributed by atoms with E-state index < -0.39 is 69.8 Å². The Morgan fingerprint density at radius 3 is 1.39 bits per heavy atom. The minimum atomic E-state index is -1.50. The van der Waals surface area contributed by atoms with Crippen molar-refractivity contribution in [1.29, 1.82) is 0 Å². The Morgan fingerprint density at radius 2 is 1.05 bits per heavy atom. The van der Waals surface area contributed by atoms with E-state index in [1.807, 2.05) is 0 Å². The summed E-state index contributed by atoms with van der Waals surface area (Å²) in [5.74, 6) is -4.34. The second kappa shape index (κ2) is 24.5. The fourth-order valence-electron chi connectivity index (χ4n) is 7.77. The number of rotatable bonds is 16. The maximum Gasteiger partial charge on any atom is 1.00 e. The van der Waals surface area contributed by atoms with Crippen LogP contribution >= 0.6 is 47.0 Å². The summed E-state index contributed by atoms with van der Waals surface area (Å²) < 4.78 is 15.0. The summed E-state index contributed by atoms with van der Waals surface area (Å²) >= 11 is 5.03. The first kappa shape index (κ1) is 57.6. The molecule has 4 aliphatic heterocycles. The van der Waals surface area contributed by atoms with Crippen LogP contribution in [0.15, 0.2) is 122 Å². The molecule has 10 rings (SSSR count). The number of oxime groups is 2. The van der Waals surface area contributed by atoms with Crippen LogP contribution in [-0.2, 0) is 52.5 Å². The van der Waals surface area contributed by atoms with Crippen LogP contribution in [0.5, 0.6) is 0 Å². The molecule has 0 aliphatic carbocycles. The number of hydrogen-bond donors (Lipinski definition) is 2. The van der Waals surface area contributed by atoms with Crippen LogP contribution in [0.2, 0.25) is 0 Å². The maximum atomic E-state index is 12.9. The van der Waals surface area contributed by atoms with Crippen LogP contribution in [0.4, 0.5) is 0 Å². The van der Waals surface area contributed by atoms with E-state index in [-0.39, 0.29) is 116 Å². The predicted octanol–water partition coefficient (Wildman–Crippen LogP) is -8.86. The molecule has 2 saturated heterocycles. The molecule has 4 amide bonds. The number of furan rings is 2. The second-order valence-corrected chi connectivity index (χ2v) is 19.9. The molecule has 0 bridgehead atoms. The molecule has 2 unspecified atom stereocenters. The fraction of sp³-hybridized carbons (Fsp3) is 0.286. The molecule has 10 heterocycles. The number of hydrogen-bond acceptors (Lipinski definition) is 24. The van der Waals surface area contributed by atoms with E-state index in [0.29, 0.717) is 32.5 Å². The van der Waals surface area contributed by atoms with Crippen molar-refractivity contribution in [2.75, 3.05) is 37.2 Å². The summed E-state index contributed by atoms with van der Waals surface area (Å²) in [6, 6.07) is 10.8. The summed E-state index contributed by atoms with van der Waals surface area (Å²) in [7, 11) is 5.56. The molecule has 0 saturated carbocycles. The van der Waals surface area contributed by atoms with Crippen LogP contribution < -0.4 is 91.3 Å². The number of carboxylic acids is 2. The van der Waals surface area contributed by atoms with Crippen molar-refractivity contribution in [3.05, 3.63) is 116 Å². The molecule has 76 heavy (non-hydrogen) atoms. The van der Waals surface area contributed by atoms with E-state index in [0.717, 1.165) is 28.2 Å². The quantitative estimate of drug-likeness (QED) is 0.0299. The van der Waals surface area contributed by atoms with Gasteiger partial charge >= 0.3 is 70.5 Å². The topological polar surface area (TPSA) is 353 Å². The third-order valence-electron chi connectivity index (χ3n) is 11.1. The number of carbonyl (C=O) groups excluding carboxylic acids is 6. The number of fused-ring (bicyclic) bond motifs is 4. The number of carboxylic acid groups (broad SMARTS) is 2. The van der Waals surface area contributed by atoms with E-state index in [4.69, 9.17) is 18.5 Å². The van der Waals surface area contributed by atoms with Gasteiger partial charge in [-0.1, -0.05) is 10.3 Å². The normalized spacial score (nSPS) is 19.1. The van der Waals surface area contributed by atoms with Crippen LogP contribution in [-0.4, -0.2) is 156 Å². The Labute approximate surface area is 487 Å². The molecule has 6 aromatic rings. The summed E-state index contributed by atoms with van der Waals surface area (Å²) in [6.45, 7) is 0. The first-order valence-corrected chi connectivity index (χ1v) is 25.5. The predicted molar refractivity (Wildman–Crippen MR) is 257 cm³/mol. The molecule has 2 N–H and O–H groups in total. The van der Waals surface area contributed by atoms with Crippen LogP contribution in [0.3, 0.4) is 0 Å². The Bertz CT molecular complexity index is 3290. The largest absolute Gasteiger partial charge is 1.00 e. The zero-order valence-electron chi connectivity index (χ0n) is 40.6. The molecule has 4 atom stereocenters. The number of β-lactam (4-membered cyclic amide) rings is 2. The molecule has 4 aliphatic rings. The molecular formula is C42H36N14Na2O14S4. The van der Waals surface area contributed by atoms with Gasteiger partial charge in [-0.15, -0.1) is 57.2 Å². The number of aliphatic carboxylic acids is 2. The van der Waals surface area contributed by atoms with Crippen molar-refractivity contribution in [3.63, 3.8) is 0 Å². The van der Waals surface area contributed by atoms with Crippen molar-refractivity contribution >= 4 is 105 Å². The van der Waals surface area contributed by atoms with Gasteiger partial charge in [0.05, 0.1) is 35.9 Å². The average molecular weight is 1140 g/mol. The van der Waals surface area contributed by atoms with Crippen molar-refractivity contribution in [2.24, 2.45) is 24.4 Å². The van der Waals surface area contributed by atoms with Crippen molar-refractivity contribution in [3.8, 4) is 0 Å². The summed E-state index contributed by atoms with van der Waals surface area (Å²) in [6.07, 6.45) is 2.72. The number of nitrogens with zero attached hydrogens (tertiary/aromatic N) is 12. The van der Waals surface area contributed by atoms with Crippen molar-refractivity contribution < 1.29 is 117 Å². The third-order valence-corrected chi connectivity index (χ3v) is 15.8. The minimum Gasteiger partial charge on any atom is -0.543 e. The van der Waals surface area contributed by atoms with Gasteiger partial charge in [0.15, 0.2) is 22.8 Å². The molecule has 2 fully saturated rings. The molecule has 34 heteroatoms. The van der Waals surface area contributed by atoms with Crippen LogP contribution in [0.25, 0.3) is 11.3 Å². The van der Waals surface area contributed by atoms with E-state index in [2.05, 4.69) is 41.3 Å². The molecule has 0 radical (unpaired) electrons. The Kier molecular flexibility index (Phi) is 18.6. The molecule has 0 spiro atoms. The van der Waals surface area contributed by atoms with Crippen LogP contribution in [0.1, 0.15) is 11.5 Å². The number of carbonyl (C=O) groups is 6. The van der Waals surface area contributed by atoms with E-state index in [1.54, 1.807) is 36.4 Å². The maximum absolute atomic E-state index is 12.9. The Morgan fingerprint density at radius 1 is 0.658 bits per heavy atom. The van der Waals surface area contributed by atoms with E-state index in [1.165, 1.54) is 100 Å². The van der Waals surface area contributed by atoms with Gasteiger partial charge in [-0.2, -0.15) is 19.2 Å². The number of nitrogens with one attached hydrogen (secondary N) is 2. The summed E-state index contributed by atoms with van der Waals surface area (Å²) in [5, 5.41) is 52.8. The standard InChI is InChI=1S/2C21H19N7O7S2.2Na/c2*1-26-21(33)28-12(23-26)5-6-13(24-28)36-8-10-9-37-19-15(18(30)27(19)16(10)20(31)32)22-17(29)14(25-34-2)11-4-3-7-35-11;;/h2*3-7,15,19H,8-9H2,1-2H3,(H,22,29)(H,31,32);;/q;;2*+1/p-2/b2*25-14-;;/t2*15?,19-;;/m11../s1. The summed E-state index contributed by atoms with van der Waals surface area (Å²) in [5.41, 5.74) is 0.0749. The van der Waals surface area contributed by atoms with Gasteiger partial charge in [-0.05, 0) is 59.7 Å². The monoisotopic (exact) mass is 1130 g/mol. The average Bonchev–Trinajstić information content (AvgIpc) is 4.24. The Hall–Kier alpha value is -6.10. The van der Waals surface area contributed by atoms with Gasteiger partial charge < -0.3 is 48.9 Å². The molecule has 0 aromatic carbocycles. The first-order valence-electron chi connectivity index (χ1n) is 21.4. The van der Waals surface area contributed by atoms with Gasteiger partial charge in [-0.25, -0.2) is 19.0 Å². The van der Waals surface area contributed by atoms with Gasteiger partial charge in [0.1, 0.15) is 47.1 Å². The molecule has 28 nitrogen and oxygen atoms in total. The number of amides is 4. The third kappa shape index (κ3) is 11.3. The molecular weight excluding hydrogens is 1100 g/mol. The number of aromatic nitrogens is 8. The molecule has 6 aromatic heterocycles. The molecule has 384 valence electrons. The number of aryl methyl sites for hydroxylation is 2.